The molecule has 132 valence electrons. The molecule has 1 saturated heterocycles. The quantitative estimate of drug-likeness (QED) is 0.489. The summed E-state index contributed by atoms with van der Waals surface area (Å²) in [5.41, 5.74) is 2.43. The summed E-state index contributed by atoms with van der Waals surface area (Å²) in [4.78, 5) is 15.6. The lowest BCUT2D eigenvalue weighted by Crippen LogP contribution is -2.52. The van der Waals surface area contributed by atoms with Crippen LogP contribution in [0.1, 0.15) is 18.4 Å². The van der Waals surface area contributed by atoms with Crippen LogP contribution in [-0.2, 0) is 9.53 Å². The SMILES string of the molecule is COC(=O)CCCNC(=S)N1CCN(c2cc(Cl)ccc2C)CC1. The average Bonchev–Trinajstić information content (AvgIpc) is 2.60. The predicted octanol–water partition coefficient (Wildman–Crippen LogP) is 2.60. The number of thiocarbonyl (C=S) groups is 1. The molecule has 5 nitrogen and oxygen atoms in total. The van der Waals surface area contributed by atoms with Crippen molar-refractivity contribution >= 4 is 40.6 Å². The second kappa shape index (κ2) is 9.08. The zero-order chi connectivity index (χ0) is 17.5. The second-order valence-electron chi connectivity index (χ2n) is 5.82. The molecule has 0 amide bonds. The Morgan fingerprint density at radius 1 is 1.33 bits per heavy atom. The lowest BCUT2D eigenvalue weighted by molar-refractivity contribution is -0.140. The topological polar surface area (TPSA) is 44.8 Å². The number of esters is 1. The number of hydrogen-bond acceptors (Lipinski definition) is 4. The van der Waals surface area contributed by atoms with Gasteiger partial charge in [0.15, 0.2) is 5.11 Å². The van der Waals surface area contributed by atoms with Crippen molar-refractivity contribution in [2.45, 2.75) is 19.8 Å². The van der Waals surface area contributed by atoms with Crippen molar-refractivity contribution in [3.05, 3.63) is 28.8 Å². The first-order chi connectivity index (χ1) is 11.5. The molecule has 0 bridgehead atoms. The van der Waals surface area contributed by atoms with Gasteiger partial charge in [-0.05, 0) is 43.3 Å². The van der Waals surface area contributed by atoms with Crippen LogP contribution in [0.3, 0.4) is 0 Å². The summed E-state index contributed by atoms with van der Waals surface area (Å²) >= 11 is 11.6. The van der Waals surface area contributed by atoms with Crippen molar-refractivity contribution in [3.8, 4) is 0 Å². The maximum absolute atomic E-state index is 11.1. The summed E-state index contributed by atoms with van der Waals surface area (Å²) in [6.45, 7) is 6.34. The van der Waals surface area contributed by atoms with Gasteiger partial charge in [0, 0.05) is 49.9 Å². The maximum Gasteiger partial charge on any atom is 0.305 e. The molecule has 1 N–H and O–H groups in total. The van der Waals surface area contributed by atoms with E-state index in [0.717, 1.165) is 36.3 Å². The number of carbonyl (C=O) groups excluding carboxylic acids is 1. The van der Waals surface area contributed by atoms with E-state index in [-0.39, 0.29) is 5.97 Å². The standard InChI is InChI=1S/C17H24ClN3O2S/c1-13-5-6-14(18)12-15(13)20-8-10-21(11-9-20)17(24)19-7-3-4-16(22)23-2/h5-6,12H,3-4,7-11H2,1-2H3,(H,19,24). The highest BCUT2D eigenvalue weighted by Crippen LogP contribution is 2.25. The van der Waals surface area contributed by atoms with E-state index >= 15 is 0 Å². The molecule has 0 spiro atoms. The Hall–Kier alpha value is -1.53. The van der Waals surface area contributed by atoms with Gasteiger partial charge in [0.2, 0.25) is 0 Å². The lowest BCUT2D eigenvalue weighted by Gasteiger charge is -2.38. The molecule has 7 heteroatoms. The number of benzene rings is 1. The first-order valence-corrected chi connectivity index (χ1v) is 8.90. The van der Waals surface area contributed by atoms with Gasteiger partial charge < -0.3 is 19.9 Å². The summed E-state index contributed by atoms with van der Waals surface area (Å²) in [6, 6.07) is 6.00. The Labute approximate surface area is 153 Å². The van der Waals surface area contributed by atoms with E-state index in [1.54, 1.807) is 0 Å². The van der Waals surface area contributed by atoms with Gasteiger partial charge in [0.1, 0.15) is 0 Å². The number of ether oxygens (including phenoxy) is 1. The van der Waals surface area contributed by atoms with Gasteiger partial charge in [-0.25, -0.2) is 0 Å². The largest absolute Gasteiger partial charge is 0.469 e. The number of nitrogens with one attached hydrogen (secondary N) is 1. The normalized spacial score (nSPS) is 14.5. The van der Waals surface area contributed by atoms with Crippen molar-refractivity contribution in [2.75, 3.05) is 44.7 Å². The number of halogens is 1. The van der Waals surface area contributed by atoms with Crippen LogP contribution in [0.15, 0.2) is 18.2 Å². The summed E-state index contributed by atoms with van der Waals surface area (Å²) < 4.78 is 4.62. The molecular formula is C17H24ClN3O2S. The number of piperazine rings is 1. The number of carbonyl (C=O) groups is 1. The third-order valence-corrected chi connectivity index (χ3v) is 4.78. The molecular weight excluding hydrogens is 346 g/mol. The summed E-state index contributed by atoms with van der Waals surface area (Å²) in [6.07, 6.45) is 1.13. The van der Waals surface area contributed by atoms with Crippen LogP contribution in [0.25, 0.3) is 0 Å². The molecule has 24 heavy (non-hydrogen) atoms. The minimum atomic E-state index is -0.187. The summed E-state index contributed by atoms with van der Waals surface area (Å²) in [5.74, 6) is -0.187. The van der Waals surface area contributed by atoms with Gasteiger partial charge in [0.05, 0.1) is 7.11 Å². The molecule has 0 atom stereocenters. The maximum atomic E-state index is 11.1. The number of hydrogen-bond donors (Lipinski definition) is 1. The number of nitrogens with zero attached hydrogens (tertiary/aromatic N) is 2. The van der Waals surface area contributed by atoms with Gasteiger partial charge >= 0.3 is 5.97 Å². The van der Waals surface area contributed by atoms with E-state index in [9.17, 15) is 4.79 Å². The Balaban J connectivity index is 1.76. The molecule has 2 rings (SSSR count). The first-order valence-electron chi connectivity index (χ1n) is 8.12. The highest BCUT2D eigenvalue weighted by molar-refractivity contribution is 7.80. The van der Waals surface area contributed by atoms with E-state index in [4.69, 9.17) is 23.8 Å². The van der Waals surface area contributed by atoms with Gasteiger partial charge in [-0.15, -0.1) is 0 Å². The van der Waals surface area contributed by atoms with E-state index < -0.39 is 0 Å². The van der Waals surface area contributed by atoms with E-state index in [1.165, 1.54) is 18.4 Å². The lowest BCUT2D eigenvalue weighted by atomic mass is 10.1. The number of anilines is 1. The van der Waals surface area contributed by atoms with Gasteiger partial charge in [0.25, 0.3) is 0 Å². The smallest absolute Gasteiger partial charge is 0.305 e. The minimum Gasteiger partial charge on any atom is -0.469 e. The molecule has 1 fully saturated rings. The number of aryl methyl sites for hydroxylation is 1. The molecule has 0 aliphatic carbocycles. The van der Waals surface area contributed by atoms with E-state index in [1.807, 2.05) is 12.1 Å². The molecule has 1 aromatic carbocycles. The fourth-order valence-corrected chi connectivity index (χ4v) is 3.17. The van der Waals surface area contributed by atoms with Crippen molar-refractivity contribution in [1.29, 1.82) is 0 Å². The molecule has 0 aromatic heterocycles. The highest BCUT2D eigenvalue weighted by atomic mass is 35.5. The Bertz CT molecular complexity index is 589. The zero-order valence-corrected chi connectivity index (χ0v) is 15.8. The van der Waals surface area contributed by atoms with Gasteiger partial charge in [-0.2, -0.15) is 0 Å². The molecule has 1 aromatic rings. The van der Waals surface area contributed by atoms with Crippen LogP contribution in [0.2, 0.25) is 5.02 Å². The van der Waals surface area contributed by atoms with Gasteiger partial charge in [-0.3, -0.25) is 4.79 Å². The fraction of sp³-hybridized carbons (Fsp3) is 0.529. The summed E-state index contributed by atoms with van der Waals surface area (Å²) in [5, 5.41) is 4.73. The third kappa shape index (κ3) is 5.24. The molecule has 1 aliphatic rings. The van der Waals surface area contributed by atoms with Crippen molar-refractivity contribution in [1.82, 2.24) is 10.2 Å². The van der Waals surface area contributed by atoms with Crippen LogP contribution >= 0.6 is 23.8 Å². The molecule has 1 aliphatic heterocycles. The fourth-order valence-electron chi connectivity index (χ4n) is 2.72. The van der Waals surface area contributed by atoms with Crippen molar-refractivity contribution in [3.63, 3.8) is 0 Å². The van der Waals surface area contributed by atoms with E-state index in [0.29, 0.717) is 19.4 Å². The van der Waals surface area contributed by atoms with Crippen molar-refractivity contribution in [2.24, 2.45) is 0 Å². The highest BCUT2D eigenvalue weighted by Gasteiger charge is 2.20. The Morgan fingerprint density at radius 3 is 2.71 bits per heavy atom. The monoisotopic (exact) mass is 369 g/mol. The third-order valence-electron chi connectivity index (χ3n) is 4.14. The van der Waals surface area contributed by atoms with Crippen LogP contribution in [0.4, 0.5) is 5.69 Å². The van der Waals surface area contributed by atoms with Crippen LogP contribution in [0.5, 0.6) is 0 Å². The minimum absolute atomic E-state index is 0.187. The van der Waals surface area contributed by atoms with Crippen LogP contribution < -0.4 is 10.2 Å². The molecule has 0 radical (unpaired) electrons. The number of rotatable bonds is 5. The van der Waals surface area contributed by atoms with Crippen LogP contribution in [0, 0.1) is 6.92 Å². The van der Waals surface area contributed by atoms with E-state index in [2.05, 4.69) is 32.8 Å². The molecule has 0 saturated carbocycles. The van der Waals surface area contributed by atoms with Crippen LogP contribution in [-0.4, -0.2) is 55.8 Å². The van der Waals surface area contributed by atoms with Crippen molar-refractivity contribution < 1.29 is 9.53 Å². The predicted molar refractivity (Wildman–Crippen MR) is 102 cm³/mol. The Kier molecular flexibility index (Phi) is 7.12. The summed E-state index contributed by atoms with van der Waals surface area (Å²) in [7, 11) is 1.40. The Morgan fingerprint density at radius 2 is 2.04 bits per heavy atom. The zero-order valence-electron chi connectivity index (χ0n) is 14.2. The number of methoxy groups -OCH3 is 1. The average molecular weight is 370 g/mol. The first kappa shape index (κ1) is 18.8. The molecule has 1 heterocycles. The molecule has 0 unspecified atom stereocenters. The second-order valence-corrected chi connectivity index (χ2v) is 6.64. The van der Waals surface area contributed by atoms with Gasteiger partial charge in [-0.1, -0.05) is 17.7 Å².